The van der Waals surface area contributed by atoms with E-state index in [0.29, 0.717) is 17.8 Å². The van der Waals surface area contributed by atoms with Gasteiger partial charge >= 0.3 is 0 Å². The lowest BCUT2D eigenvalue weighted by atomic mass is 9.74. The van der Waals surface area contributed by atoms with Gasteiger partial charge in [0.05, 0.1) is 6.54 Å². The summed E-state index contributed by atoms with van der Waals surface area (Å²) >= 11 is 1.16. The highest BCUT2D eigenvalue weighted by atomic mass is 32.2. The first-order chi connectivity index (χ1) is 11.2. The Morgan fingerprint density at radius 3 is 2.71 bits per heavy atom. The molecular weight excluding hydrogens is 344 g/mol. The number of thiophene rings is 1. The van der Waals surface area contributed by atoms with Crippen molar-refractivity contribution in [3.8, 4) is 0 Å². The highest BCUT2D eigenvalue weighted by Crippen LogP contribution is 2.33. The molecule has 0 radical (unpaired) electrons. The van der Waals surface area contributed by atoms with Gasteiger partial charge in [-0.2, -0.15) is 4.31 Å². The Hall–Kier alpha value is -0.920. The Bertz CT molecular complexity index is 641. The second kappa shape index (κ2) is 7.97. The molecule has 0 saturated heterocycles. The maximum absolute atomic E-state index is 12.4. The van der Waals surface area contributed by atoms with Crippen LogP contribution in [0.3, 0.4) is 0 Å². The fourth-order valence-electron chi connectivity index (χ4n) is 3.47. The molecule has 1 aromatic heterocycles. The van der Waals surface area contributed by atoms with Crippen LogP contribution in [0.5, 0.6) is 0 Å². The number of carbonyl (C=O) groups is 1. The van der Waals surface area contributed by atoms with Crippen LogP contribution in [0.1, 0.15) is 40.0 Å². The van der Waals surface area contributed by atoms with E-state index in [9.17, 15) is 13.2 Å². The molecule has 3 atom stereocenters. The Balaban J connectivity index is 1.99. The van der Waals surface area contributed by atoms with Crippen molar-refractivity contribution < 1.29 is 13.2 Å². The molecule has 24 heavy (non-hydrogen) atoms. The van der Waals surface area contributed by atoms with E-state index in [2.05, 4.69) is 26.1 Å². The van der Waals surface area contributed by atoms with Crippen LogP contribution in [-0.2, 0) is 14.8 Å². The molecule has 1 heterocycles. The highest BCUT2D eigenvalue weighted by molar-refractivity contribution is 7.91. The van der Waals surface area contributed by atoms with E-state index >= 15 is 0 Å². The molecule has 0 aromatic carbocycles. The third-order valence-corrected chi connectivity index (χ3v) is 8.07. The Morgan fingerprint density at radius 2 is 2.12 bits per heavy atom. The van der Waals surface area contributed by atoms with E-state index in [1.165, 1.54) is 13.5 Å². The summed E-state index contributed by atoms with van der Waals surface area (Å²) in [5, 5.41) is 4.81. The number of amides is 1. The van der Waals surface area contributed by atoms with Gasteiger partial charge in [0.25, 0.3) is 10.0 Å². The minimum Gasteiger partial charge on any atom is -0.352 e. The number of nitrogens with one attached hydrogen (secondary N) is 1. The summed E-state index contributed by atoms with van der Waals surface area (Å²) in [5.74, 6) is 1.35. The van der Waals surface area contributed by atoms with E-state index in [1.54, 1.807) is 17.5 Å². The van der Waals surface area contributed by atoms with Crippen LogP contribution >= 0.6 is 11.3 Å². The largest absolute Gasteiger partial charge is 0.352 e. The first-order valence-electron chi connectivity index (χ1n) is 8.51. The molecule has 1 N–H and O–H groups in total. The number of sulfonamides is 1. The molecule has 136 valence electrons. The maximum atomic E-state index is 12.4. The van der Waals surface area contributed by atoms with Crippen LogP contribution < -0.4 is 5.32 Å². The topological polar surface area (TPSA) is 66.5 Å². The number of carbonyl (C=O) groups excluding carboxylic acids is 1. The zero-order chi connectivity index (χ0) is 17.9. The third kappa shape index (κ3) is 4.58. The fourth-order valence-corrected chi connectivity index (χ4v) is 5.80. The fraction of sp³-hybridized carbons (Fsp3) is 0.706. The standard InChI is InChI=1S/C17H28N2O3S2/c1-12(2)14-8-7-13(3)10-15(14)18-16(20)11-19(4)24(21,22)17-6-5-9-23-17/h5-6,9,12-15H,7-8,10-11H2,1-4H3,(H,18,20). The minimum atomic E-state index is -3.58. The lowest BCUT2D eigenvalue weighted by molar-refractivity contribution is -0.122. The molecule has 0 aliphatic heterocycles. The van der Waals surface area contributed by atoms with Crippen LogP contribution in [0.25, 0.3) is 0 Å². The molecule has 7 heteroatoms. The van der Waals surface area contributed by atoms with Gasteiger partial charge in [-0.05, 0) is 42.0 Å². The van der Waals surface area contributed by atoms with Crippen molar-refractivity contribution in [1.29, 1.82) is 0 Å². The SMILES string of the molecule is CC1CCC(C(C)C)C(NC(=O)CN(C)S(=O)(=O)c2cccs2)C1. The van der Waals surface area contributed by atoms with Gasteiger partial charge in [0, 0.05) is 13.1 Å². The average molecular weight is 373 g/mol. The number of hydrogen-bond donors (Lipinski definition) is 1. The third-order valence-electron chi connectivity index (χ3n) is 4.89. The van der Waals surface area contributed by atoms with E-state index in [1.807, 2.05) is 0 Å². The summed E-state index contributed by atoms with van der Waals surface area (Å²) in [6.45, 7) is 6.44. The summed E-state index contributed by atoms with van der Waals surface area (Å²) in [6.07, 6.45) is 3.28. The number of hydrogen-bond acceptors (Lipinski definition) is 4. The minimum absolute atomic E-state index is 0.138. The molecular formula is C17H28N2O3S2. The molecule has 1 aliphatic carbocycles. The summed E-state index contributed by atoms with van der Waals surface area (Å²) in [7, 11) is -2.12. The van der Waals surface area contributed by atoms with Crippen molar-refractivity contribution in [3.05, 3.63) is 17.5 Å². The molecule has 1 aromatic rings. The molecule has 1 aliphatic rings. The summed E-state index contributed by atoms with van der Waals surface area (Å²) < 4.78 is 26.2. The van der Waals surface area contributed by atoms with Gasteiger partial charge in [-0.25, -0.2) is 8.42 Å². The number of likely N-dealkylation sites (N-methyl/N-ethyl adjacent to an activating group) is 1. The van der Waals surface area contributed by atoms with Crippen LogP contribution in [0.4, 0.5) is 0 Å². The molecule has 1 amide bonds. The number of nitrogens with zero attached hydrogens (tertiary/aromatic N) is 1. The van der Waals surface area contributed by atoms with Gasteiger partial charge in [-0.1, -0.05) is 33.3 Å². The van der Waals surface area contributed by atoms with Crippen molar-refractivity contribution in [3.63, 3.8) is 0 Å². The van der Waals surface area contributed by atoms with E-state index < -0.39 is 10.0 Å². The van der Waals surface area contributed by atoms with Crippen LogP contribution in [0.15, 0.2) is 21.7 Å². The van der Waals surface area contributed by atoms with Gasteiger partial charge in [0.1, 0.15) is 4.21 Å². The summed E-state index contributed by atoms with van der Waals surface area (Å²) in [5.41, 5.74) is 0. The zero-order valence-corrected chi connectivity index (χ0v) is 16.5. The predicted molar refractivity (Wildman–Crippen MR) is 97.4 cm³/mol. The molecule has 1 fully saturated rings. The number of rotatable bonds is 6. The van der Waals surface area contributed by atoms with E-state index in [0.717, 1.165) is 28.5 Å². The van der Waals surface area contributed by atoms with Crippen LogP contribution in [0, 0.1) is 17.8 Å². The van der Waals surface area contributed by atoms with E-state index in [4.69, 9.17) is 0 Å². The molecule has 0 spiro atoms. The lowest BCUT2D eigenvalue weighted by Gasteiger charge is -2.38. The first kappa shape index (κ1) is 19.4. The van der Waals surface area contributed by atoms with Crippen molar-refractivity contribution >= 4 is 27.3 Å². The van der Waals surface area contributed by atoms with Crippen molar-refractivity contribution in [1.82, 2.24) is 9.62 Å². The summed E-state index contributed by atoms with van der Waals surface area (Å²) in [4.78, 5) is 12.4. The van der Waals surface area contributed by atoms with Crippen molar-refractivity contribution in [2.75, 3.05) is 13.6 Å². The predicted octanol–water partition coefficient (Wildman–Crippen LogP) is 2.95. The molecule has 1 saturated carbocycles. The second-order valence-electron chi connectivity index (χ2n) is 7.19. The van der Waals surface area contributed by atoms with E-state index in [-0.39, 0.29) is 22.7 Å². The van der Waals surface area contributed by atoms with Crippen LogP contribution in [0.2, 0.25) is 0 Å². The molecule has 5 nitrogen and oxygen atoms in total. The van der Waals surface area contributed by atoms with Crippen LogP contribution in [-0.4, -0.2) is 38.3 Å². The normalized spacial score (nSPS) is 25.2. The van der Waals surface area contributed by atoms with Crippen molar-refractivity contribution in [2.45, 2.75) is 50.3 Å². The average Bonchev–Trinajstić information content (AvgIpc) is 3.01. The first-order valence-corrected chi connectivity index (χ1v) is 10.8. The summed E-state index contributed by atoms with van der Waals surface area (Å²) in [6, 6.07) is 3.40. The molecule has 2 rings (SSSR count). The zero-order valence-electron chi connectivity index (χ0n) is 14.9. The quantitative estimate of drug-likeness (QED) is 0.835. The molecule has 0 bridgehead atoms. The second-order valence-corrected chi connectivity index (χ2v) is 10.4. The Morgan fingerprint density at radius 1 is 1.42 bits per heavy atom. The monoisotopic (exact) mass is 372 g/mol. The van der Waals surface area contributed by atoms with Gasteiger partial charge in [0.2, 0.25) is 5.91 Å². The Kier molecular flexibility index (Phi) is 6.45. The molecule has 3 unspecified atom stereocenters. The Labute approximate surface area is 149 Å². The van der Waals surface area contributed by atoms with Gasteiger partial charge in [-0.15, -0.1) is 11.3 Å². The van der Waals surface area contributed by atoms with Gasteiger partial charge in [0.15, 0.2) is 0 Å². The van der Waals surface area contributed by atoms with Gasteiger partial charge < -0.3 is 5.32 Å². The maximum Gasteiger partial charge on any atom is 0.252 e. The highest BCUT2D eigenvalue weighted by Gasteiger charge is 2.32. The van der Waals surface area contributed by atoms with Crippen molar-refractivity contribution in [2.24, 2.45) is 17.8 Å². The lowest BCUT2D eigenvalue weighted by Crippen LogP contribution is -2.48. The smallest absolute Gasteiger partial charge is 0.252 e. The van der Waals surface area contributed by atoms with Gasteiger partial charge in [-0.3, -0.25) is 4.79 Å².